The zero-order chi connectivity index (χ0) is 18.3. The summed E-state index contributed by atoms with van der Waals surface area (Å²) in [4.78, 5) is 17.4. The minimum atomic E-state index is -4.17. The van der Waals surface area contributed by atoms with Crippen LogP contribution in [0.4, 0.5) is 13.2 Å². The number of guanidine groups is 1. The van der Waals surface area contributed by atoms with Gasteiger partial charge in [-0.2, -0.15) is 13.2 Å². The molecule has 1 heterocycles. The Morgan fingerprint density at radius 2 is 1.81 bits per heavy atom. The van der Waals surface area contributed by atoms with Gasteiger partial charge in [0.15, 0.2) is 5.96 Å². The van der Waals surface area contributed by atoms with E-state index in [0.29, 0.717) is 25.5 Å². The maximum absolute atomic E-state index is 12.4. The summed E-state index contributed by atoms with van der Waals surface area (Å²) in [5, 5.41) is 9.03. The van der Waals surface area contributed by atoms with E-state index in [1.165, 1.54) is 11.3 Å². The van der Waals surface area contributed by atoms with E-state index in [1.807, 2.05) is 0 Å². The fourth-order valence-corrected chi connectivity index (χ4v) is 3.43. The molecule has 0 spiro atoms. The molecule has 1 atom stereocenters. The molecule has 6 nitrogen and oxygen atoms in total. The number of carbonyl (C=O) groups excluding carboxylic acids is 1. The summed E-state index contributed by atoms with van der Waals surface area (Å²) in [6.07, 6.45) is 2.02. The van der Waals surface area contributed by atoms with Crippen molar-refractivity contribution in [3.63, 3.8) is 0 Å². The SMILES string of the molecule is CN=C(NCC(=O)NC1CCCCC1)NC1CCN(CC(F)(F)F)C1.I. The van der Waals surface area contributed by atoms with Gasteiger partial charge >= 0.3 is 6.18 Å². The number of nitrogens with zero attached hydrogens (tertiary/aromatic N) is 2. The molecule has 2 aliphatic rings. The van der Waals surface area contributed by atoms with Gasteiger partial charge in [0.1, 0.15) is 0 Å². The summed E-state index contributed by atoms with van der Waals surface area (Å²) in [6, 6.07) is 0.152. The third-order valence-corrected chi connectivity index (χ3v) is 4.63. The van der Waals surface area contributed by atoms with Crippen molar-refractivity contribution in [3.05, 3.63) is 0 Å². The average Bonchev–Trinajstić information content (AvgIpc) is 2.97. The maximum atomic E-state index is 12.4. The molecule has 1 saturated carbocycles. The van der Waals surface area contributed by atoms with Crippen LogP contribution >= 0.6 is 24.0 Å². The van der Waals surface area contributed by atoms with Crippen LogP contribution in [0.25, 0.3) is 0 Å². The lowest BCUT2D eigenvalue weighted by atomic mass is 9.95. The topological polar surface area (TPSA) is 68.8 Å². The van der Waals surface area contributed by atoms with Crippen molar-refractivity contribution in [1.82, 2.24) is 20.9 Å². The Morgan fingerprint density at radius 1 is 1.12 bits per heavy atom. The van der Waals surface area contributed by atoms with Crippen molar-refractivity contribution >= 4 is 35.8 Å². The third kappa shape index (κ3) is 8.74. The molecule has 26 heavy (non-hydrogen) atoms. The molecule has 152 valence electrons. The van der Waals surface area contributed by atoms with Crippen LogP contribution in [0.5, 0.6) is 0 Å². The van der Waals surface area contributed by atoms with E-state index in [2.05, 4.69) is 20.9 Å². The Labute approximate surface area is 169 Å². The van der Waals surface area contributed by atoms with Gasteiger partial charge in [-0.25, -0.2) is 0 Å². The largest absolute Gasteiger partial charge is 0.401 e. The molecule has 0 radical (unpaired) electrons. The number of aliphatic imine (C=N–C) groups is 1. The van der Waals surface area contributed by atoms with Crippen molar-refractivity contribution in [2.45, 2.75) is 56.8 Å². The van der Waals surface area contributed by atoms with Crippen LogP contribution in [-0.2, 0) is 4.79 Å². The molecule has 1 saturated heterocycles. The van der Waals surface area contributed by atoms with Crippen LogP contribution in [0.2, 0.25) is 0 Å². The second-order valence-corrected chi connectivity index (χ2v) is 6.81. The number of amides is 1. The maximum Gasteiger partial charge on any atom is 0.401 e. The van der Waals surface area contributed by atoms with Gasteiger partial charge in [-0.3, -0.25) is 14.7 Å². The lowest BCUT2D eigenvalue weighted by Crippen LogP contribution is -2.49. The first-order valence-electron chi connectivity index (χ1n) is 8.91. The molecular formula is C16H29F3IN5O. The van der Waals surface area contributed by atoms with E-state index in [-0.39, 0.29) is 48.5 Å². The monoisotopic (exact) mass is 491 g/mol. The molecule has 0 aromatic heterocycles. The number of hydrogen-bond donors (Lipinski definition) is 3. The highest BCUT2D eigenvalue weighted by Gasteiger charge is 2.34. The Bertz CT molecular complexity index is 469. The van der Waals surface area contributed by atoms with Gasteiger partial charge in [-0.05, 0) is 19.3 Å². The van der Waals surface area contributed by atoms with Gasteiger partial charge < -0.3 is 16.0 Å². The Kier molecular flexibility index (Phi) is 9.98. The number of hydrogen-bond acceptors (Lipinski definition) is 3. The summed E-state index contributed by atoms with van der Waals surface area (Å²) >= 11 is 0. The van der Waals surface area contributed by atoms with E-state index in [4.69, 9.17) is 0 Å². The minimum Gasteiger partial charge on any atom is -0.352 e. The molecule has 1 unspecified atom stereocenters. The highest BCUT2D eigenvalue weighted by Crippen LogP contribution is 2.20. The highest BCUT2D eigenvalue weighted by atomic mass is 127. The zero-order valence-corrected chi connectivity index (χ0v) is 17.4. The summed E-state index contributed by atoms with van der Waals surface area (Å²) in [6.45, 7) is -0.0685. The summed E-state index contributed by atoms with van der Waals surface area (Å²) < 4.78 is 37.3. The fraction of sp³-hybridized carbons (Fsp3) is 0.875. The first-order valence-corrected chi connectivity index (χ1v) is 8.91. The molecule has 1 aliphatic carbocycles. The minimum absolute atomic E-state index is 0. The van der Waals surface area contributed by atoms with Gasteiger partial charge in [0.05, 0.1) is 13.1 Å². The summed E-state index contributed by atoms with van der Waals surface area (Å²) in [7, 11) is 1.58. The molecule has 1 amide bonds. The van der Waals surface area contributed by atoms with Crippen LogP contribution in [0.1, 0.15) is 38.5 Å². The first-order chi connectivity index (χ1) is 11.9. The smallest absolute Gasteiger partial charge is 0.352 e. The van der Waals surface area contributed by atoms with Crippen molar-refractivity contribution < 1.29 is 18.0 Å². The quantitative estimate of drug-likeness (QED) is 0.312. The predicted molar refractivity (Wildman–Crippen MR) is 106 cm³/mol. The van der Waals surface area contributed by atoms with Gasteiger partial charge in [0, 0.05) is 32.2 Å². The van der Waals surface area contributed by atoms with E-state index in [0.717, 1.165) is 25.7 Å². The van der Waals surface area contributed by atoms with Crippen molar-refractivity contribution in [1.29, 1.82) is 0 Å². The molecule has 2 fully saturated rings. The lowest BCUT2D eigenvalue weighted by molar-refractivity contribution is -0.143. The number of carbonyl (C=O) groups is 1. The van der Waals surface area contributed by atoms with Gasteiger partial charge in [-0.1, -0.05) is 19.3 Å². The van der Waals surface area contributed by atoms with Crippen molar-refractivity contribution in [3.8, 4) is 0 Å². The van der Waals surface area contributed by atoms with Crippen LogP contribution in [-0.4, -0.2) is 68.3 Å². The normalized spacial score (nSPS) is 22.6. The van der Waals surface area contributed by atoms with Crippen molar-refractivity contribution in [2.75, 3.05) is 33.2 Å². The zero-order valence-electron chi connectivity index (χ0n) is 15.1. The number of alkyl halides is 3. The molecule has 2 rings (SSSR count). The number of nitrogens with one attached hydrogen (secondary N) is 3. The Morgan fingerprint density at radius 3 is 2.42 bits per heavy atom. The van der Waals surface area contributed by atoms with Crippen molar-refractivity contribution in [2.24, 2.45) is 4.99 Å². The van der Waals surface area contributed by atoms with Crippen LogP contribution in [0.3, 0.4) is 0 Å². The Balaban J connectivity index is 0.00000338. The van der Waals surface area contributed by atoms with Gasteiger partial charge in [0.2, 0.25) is 5.91 Å². The first kappa shape index (κ1) is 23.3. The molecule has 0 aromatic carbocycles. The fourth-order valence-electron chi connectivity index (χ4n) is 3.43. The van der Waals surface area contributed by atoms with E-state index >= 15 is 0 Å². The van der Waals surface area contributed by atoms with E-state index in [1.54, 1.807) is 7.05 Å². The second-order valence-electron chi connectivity index (χ2n) is 6.81. The second kappa shape index (κ2) is 11.2. The highest BCUT2D eigenvalue weighted by molar-refractivity contribution is 14.0. The average molecular weight is 491 g/mol. The summed E-state index contributed by atoms with van der Waals surface area (Å²) in [5.74, 6) is 0.359. The summed E-state index contributed by atoms with van der Waals surface area (Å²) in [5.41, 5.74) is 0. The molecular weight excluding hydrogens is 462 g/mol. The van der Waals surface area contributed by atoms with Crippen LogP contribution in [0, 0.1) is 0 Å². The predicted octanol–water partition coefficient (Wildman–Crippen LogP) is 1.85. The van der Waals surface area contributed by atoms with E-state index in [9.17, 15) is 18.0 Å². The molecule has 10 heteroatoms. The Hall–Kier alpha value is -0.780. The van der Waals surface area contributed by atoms with Crippen LogP contribution in [0.15, 0.2) is 4.99 Å². The third-order valence-electron chi connectivity index (χ3n) is 4.63. The molecule has 3 N–H and O–H groups in total. The van der Waals surface area contributed by atoms with Crippen LogP contribution < -0.4 is 16.0 Å². The molecule has 1 aliphatic heterocycles. The number of rotatable bonds is 5. The standard InChI is InChI=1S/C16H28F3N5O.HI/c1-20-15(21-9-14(25)22-12-5-3-2-4-6-12)23-13-7-8-24(10-13)11-16(17,18)19;/h12-13H,2-11H2,1H3,(H,22,25)(H2,20,21,23);1H. The number of likely N-dealkylation sites (tertiary alicyclic amines) is 1. The number of halogens is 4. The van der Waals surface area contributed by atoms with Gasteiger partial charge in [0.25, 0.3) is 0 Å². The lowest BCUT2D eigenvalue weighted by Gasteiger charge is -2.23. The van der Waals surface area contributed by atoms with E-state index < -0.39 is 12.7 Å². The van der Waals surface area contributed by atoms with Gasteiger partial charge in [-0.15, -0.1) is 24.0 Å². The molecule has 0 bridgehead atoms. The molecule has 0 aromatic rings.